The molecule has 0 spiro atoms. The predicted molar refractivity (Wildman–Crippen MR) is 57.0 cm³/mol. The molecule has 0 aromatic heterocycles. The molecule has 0 saturated heterocycles. The van der Waals surface area contributed by atoms with E-state index in [0.717, 1.165) is 12.8 Å². The molecule has 0 radical (unpaired) electrons. The van der Waals surface area contributed by atoms with E-state index in [0.29, 0.717) is 13.2 Å². The summed E-state index contributed by atoms with van der Waals surface area (Å²) >= 11 is 0. The molecule has 0 aromatic rings. The summed E-state index contributed by atoms with van der Waals surface area (Å²) in [4.78, 5) is 11.2. The molecule has 14 heavy (non-hydrogen) atoms. The molecule has 4 heteroatoms. The van der Waals surface area contributed by atoms with E-state index < -0.39 is 0 Å². The normalized spacial score (nSPS) is 11.4. The van der Waals surface area contributed by atoms with Crippen molar-refractivity contribution in [3.05, 3.63) is 0 Å². The number of amides is 1. The number of nitrogens with two attached hydrogens (primary N) is 1. The zero-order chi connectivity index (χ0) is 11.0. The Labute approximate surface area is 86.2 Å². The average molecular weight is 202 g/mol. The first-order chi connectivity index (χ1) is 6.58. The number of carbonyl (C=O) groups is 1. The lowest BCUT2D eigenvalue weighted by molar-refractivity contribution is -0.125. The van der Waals surface area contributed by atoms with Crippen LogP contribution in [0.15, 0.2) is 0 Å². The summed E-state index contributed by atoms with van der Waals surface area (Å²) in [6.45, 7) is 7.11. The van der Waals surface area contributed by atoms with Crippen LogP contribution in [0.4, 0.5) is 0 Å². The molecule has 3 N–H and O–H groups in total. The van der Waals surface area contributed by atoms with Gasteiger partial charge in [0.2, 0.25) is 5.91 Å². The van der Waals surface area contributed by atoms with Crippen molar-refractivity contribution in [2.75, 3.05) is 19.8 Å². The maximum atomic E-state index is 11.2. The van der Waals surface area contributed by atoms with Gasteiger partial charge in [-0.05, 0) is 19.8 Å². The third-order valence-electron chi connectivity index (χ3n) is 2.48. The first kappa shape index (κ1) is 13.4. The van der Waals surface area contributed by atoms with Crippen molar-refractivity contribution < 1.29 is 9.53 Å². The highest BCUT2D eigenvalue weighted by molar-refractivity contribution is 5.77. The Morgan fingerprint density at radius 2 is 1.93 bits per heavy atom. The summed E-state index contributed by atoms with van der Waals surface area (Å²) in [6, 6.07) is 0. The zero-order valence-electron chi connectivity index (χ0n) is 9.43. The van der Waals surface area contributed by atoms with Crippen LogP contribution < -0.4 is 11.1 Å². The fraction of sp³-hybridized carbons (Fsp3) is 0.900. The fourth-order valence-corrected chi connectivity index (χ4v) is 1.02. The zero-order valence-corrected chi connectivity index (χ0v) is 9.43. The number of nitrogens with one attached hydrogen (secondary N) is 1. The summed E-state index contributed by atoms with van der Waals surface area (Å²) in [5, 5.41) is 2.77. The van der Waals surface area contributed by atoms with Gasteiger partial charge in [0.1, 0.15) is 6.61 Å². The summed E-state index contributed by atoms with van der Waals surface area (Å²) in [5.74, 6) is -0.0939. The monoisotopic (exact) mass is 202 g/mol. The van der Waals surface area contributed by atoms with Gasteiger partial charge in [0, 0.05) is 18.7 Å². The average Bonchev–Trinajstić information content (AvgIpc) is 2.23. The topological polar surface area (TPSA) is 64.3 Å². The summed E-state index contributed by atoms with van der Waals surface area (Å²) < 4.78 is 4.97. The minimum absolute atomic E-state index is 0.0939. The molecule has 0 aliphatic heterocycles. The van der Waals surface area contributed by atoms with Crippen molar-refractivity contribution in [1.29, 1.82) is 0 Å². The molecule has 0 unspecified atom stereocenters. The highest BCUT2D eigenvalue weighted by atomic mass is 16.5. The smallest absolute Gasteiger partial charge is 0.246 e. The molecule has 0 aromatic carbocycles. The van der Waals surface area contributed by atoms with Gasteiger partial charge in [0.05, 0.1) is 0 Å². The number of ether oxygens (including phenoxy) is 1. The standard InChI is InChI=1S/C10H22N2O2/c1-4-10(11,5-2)8-12-9(13)7-14-6-3/h4-8,11H2,1-3H3,(H,12,13). The van der Waals surface area contributed by atoms with E-state index in [-0.39, 0.29) is 18.1 Å². The Balaban J connectivity index is 3.74. The Morgan fingerprint density at radius 1 is 1.36 bits per heavy atom. The van der Waals surface area contributed by atoms with Crippen LogP contribution in [0.3, 0.4) is 0 Å². The van der Waals surface area contributed by atoms with Gasteiger partial charge in [-0.15, -0.1) is 0 Å². The van der Waals surface area contributed by atoms with E-state index in [4.69, 9.17) is 10.5 Å². The summed E-state index contributed by atoms with van der Waals surface area (Å²) in [7, 11) is 0. The molecule has 0 saturated carbocycles. The van der Waals surface area contributed by atoms with Crippen molar-refractivity contribution in [3.8, 4) is 0 Å². The number of hydrogen-bond donors (Lipinski definition) is 2. The van der Waals surface area contributed by atoms with E-state index in [2.05, 4.69) is 5.32 Å². The van der Waals surface area contributed by atoms with E-state index in [1.165, 1.54) is 0 Å². The molecule has 0 atom stereocenters. The lowest BCUT2D eigenvalue weighted by atomic mass is 9.94. The molecule has 0 fully saturated rings. The molecular weight excluding hydrogens is 180 g/mol. The molecule has 0 heterocycles. The van der Waals surface area contributed by atoms with E-state index in [1.54, 1.807) is 0 Å². The van der Waals surface area contributed by atoms with E-state index in [1.807, 2.05) is 20.8 Å². The molecular formula is C10H22N2O2. The van der Waals surface area contributed by atoms with Gasteiger partial charge >= 0.3 is 0 Å². The Kier molecular flexibility index (Phi) is 6.49. The third kappa shape index (κ3) is 5.19. The number of hydrogen-bond acceptors (Lipinski definition) is 3. The second-order valence-electron chi connectivity index (χ2n) is 3.48. The highest BCUT2D eigenvalue weighted by Gasteiger charge is 2.20. The first-order valence-corrected chi connectivity index (χ1v) is 5.21. The lowest BCUT2D eigenvalue weighted by Crippen LogP contribution is -2.49. The largest absolute Gasteiger partial charge is 0.372 e. The minimum atomic E-state index is -0.276. The molecule has 0 aliphatic carbocycles. The molecule has 0 aliphatic rings. The van der Waals surface area contributed by atoms with Crippen molar-refractivity contribution in [1.82, 2.24) is 5.32 Å². The molecule has 1 amide bonds. The van der Waals surface area contributed by atoms with Crippen LogP contribution in [0.1, 0.15) is 33.6 Å². The van der Waals surface area contributed by atoms with Crippen LogP contribution in [-0.2, 0) is 9.53 Å². The van der Waals surface area contributed by atoms with Crippen LogP contribution in [0.5, 0.6) is 0 Å². The van der Waals surface area contributed by atoms with E-state index in [9.17, 15) is 4.79 Å². The maximum absolute atomic E-state index is 11.2. The Bertz CT molecular complexity index is 168. The van der Waals surface area contributed by atoms with Crippen LogP contribution >= 0.6 is 0 Å². The van der Waals surface area contributed by atoms with Crippen molar-refractivity contribution in [3.63, 3.8) is 0 Å². The minimum Gasteiger partial charge on any atom is -0.372 e. The molecule has 0 rings (SSSR count). The number of carbonyl (C=O) groups excluding carboxylic acids is 1. The first-order valence-electron chi connectivity index (χ1n) is 5.21. The fourth-order valence-electron chi connectivity index (χ4n) is 1.02. The van der Waals surface area contributed by atoms with Crippen LogP contribution in [0, 0.1) is 0 Å². The highest BCUT2D eigenvalue weighted by Crippen LogP contribution is 2.08. The molecule has 4 nitrogen and oxygen atoms in total. The maximum Gasteiger partial charge on any atom is 0.246 e. The Morgan fingerprint density at radius 3 is 2.36 bits per heavy atom. The number of rotatable bonds is 7. The predicted octanol–water partition coefficient (Wildman–Crippen LogP) is 0.657. The second kappa shape index (κ2) is 6.79. The van der Waals surface area contributed by atoms with Crippen molar-refractivity contribution in [2.45, 2.75) is 39.2 Å². The quantitative estimate of drug-likeness (QED) is 0.637. The van der Waals surface area contributed by atoms with Gasteiger partial charge in [0.15, 0.2) is 0 Å². The lowest BCUT2D eigenvalue weighted by Gasteiger charge is -2.26. The molecule has 84 valence electrons. The van der Waals surface area contributed by atoms with Gasteiger partial charge < -0.3 is 15.8 Å². The summed E-state index contributed by atoms with van der Waals surface area (Å²) in [5.41, 5.74) is 5.74. The van der Waals surface area contributed by atoms with Gasteiger partial charge in [-0.25, -0.2) is 0 Å². The molecule has 0 bridgehead atoms. The Hall–Kier alpha value is -0.610. The van der Waals surface area contributed by atoms with Crippen LogP contribution in [-0.4, -0.2) is 31.2 Å². The SMILES string of the molecule is CCOCC(=O)NCC(N)(CC)CC. The van der Waals surface area contributed by atoms with Crippen LogP contribution in [0.2, 0.25) is 0 Å². The van der Waals surface area contributed by atoms with Gasteiger partial charge in [-0.1, -0.05) is 13.8 Å². The van der Waals surface area contributed by atoms with Gasteiger partial charge in [-0.2, -0.15) is 0 Å². The second-order valence-corrected chi connectivity index (χ2v) is 3.48. The third-order valence-corrected chi connectivity index (χ3v) is 2.48. The van der Waals surface area contributed by atoms with Gasteiger partial charge in [-0.3, -0.25) is 4.79 Å². The van der Waals surface area contributed by atoms with E-state index >= 15 is 0 Å². The summed E-state index contributed by atoms with van der Waals surface area (Å²) in [6.07, 6.45) is 1.72. The van der Waals surface area contributed by atoms with Crippen LogP contribution in [0.25, 0.3) is 0 Å². The van der Waals surface area contributed by atoms with Gasteiger partial charge in [0.25, 0.3) is 0 Å². The van der Waals surface area contributed by atoms with Crippen molar-refractivity contribution in [2.24, 2.45) is 5.73 Å². The van der Waals surface area contributed by atoms with Crippen molar-refractivity contribution >= 4 is 5.91 Å².